The van der Waals surface area contributed by atoms with E-state index >= 15 is 0 Å². The first-order valence-electron chi connectivity index (χ1n) is 8.47. The van der Waals surface area contributed by atoms with E-state index in [9.17, 15) is 4.79 Å². The summed E-state index contributed by atoms with van der Waals surface area (Å²) in [7, 11) is 1.63. The van der Waals surface area contributed by atoms with Crippen molar-refractivity contribution in [2.24, 2.45) is 5.92 Å². The van der Waals surface area contributed by atoms with Crippen LogP contribution < -0.4 is 10.1 Å². The van der Waals surface area contributed by atoms with Crippen molar-refractivity contribution in [2.45, 2.75) is 58.5 Å². The molecule has 1 saturated carbocycles. The van der Waals surface area contributed by atoms with Crippen LogP contribution in [0.5, 0.6) is 5.88 Å². The van der Waals surface area contributed by atoms with Gasteiger partial charge in [-0.1, -0.05) is 20.3 Å². The van der Waals surface area contributed by atoms with Crippen molar-refractivity contribution in [3.05, 3.63) is 17.8 Å². The van der Waals surface area contributed by atoms with E-state index in [1.165, 1.54) is 0 Å². The Balaban J connectivity index is 2.08. The predicted molar refractivity (Wildman–Crippen MR) is 90.8 cm³/mol. The number of pyridine rings is 1. The van der Waals surface area contributed by atoms with Crippen molar-refractivity contribution in [1.29, 1.82) is 0 Å². The number of methoxy groups -OCH3 is 1. The molecule has 0 spiro atoms. The fourth-order valence-corrected chi connectivity index (χ4v) is 3.21. The largest absolute Gasteiger partial charge is 0.477 e. The van der Waals surface area contributed by atoms with E-state index in [1.807, 2.05) is 13.0 Å². The van der Waals surface area contributed by atoms with E-state index < -0.39 is 5.60 Å². The second kappa shape index (κ2) is 7.77. The molecule has 1 fully saturated rings. The van der Waals surface area contributed by atoms with Crippen molar-refractivity contribution in [3.63, 3.8) is 0 Å². The minimum atomic E-state index is -0.719. The Hall–Kier alpha value is -1.62. The molecule has 0 aliphatic heterocycles. The van der Waals surface area contributed by atoms with Gasteiger partial charge < -0.3 is 14.8 Å². The Kier molecular flexibility index (Phi) is 5.99. The van der Waals surface area contributed by atoms with Gasteiger partial charge in [-0.15, -0.1) is 0 Å². The molecule has 1 N–H and O–H groups in total. The van der Waals surface area contributed by atoms with E-state index in [0.717, 1.165) is 37.7 Å². The first-order valence-corrected chi connectivity index (χ1v) is 8.47. The van der Waals surface area contributed by atoms with Gasteiger partial charge in [0, 0.05) is 12.7 Å². The van der Waals surface area contributed by atoms with Gasteiger partial charge in [-0.3, -0.25) is 4.79 Å². The molecule has 5 nitrogen and oxygen atoms in total. The lowest BCUT2D eigenvalue weighted by Crippen LogP contribution is -2.47. The lowest BCUT2D eigenvalue weighted by Gasteiger charge is -2.37. The molecule has 0 aromatic carbocycles. The molecular weight excluding hydrogens is 292 g/mol. The van der Waals surface area contributed by atoms with Crippen molar-refractivity contribution in [1.82, 2.24) is 4.98 Å². The zero-order valence-corrected chi connectivity index (χ0v) is 14.6. The van der Waals surface area contributed by atoms with Crippen molar-refractivity contribution in [2.75, 3.05) is 19.0 Å². The molecule has 2 rings (SSSR count). The molecule has 0 radical (unpaired) electrons. The van der Waals surface area contributed by atoms with Gasteiger partial charge in [0.1, 0.15) is 5.60 Å². The molecule has 0 unspecified atom stereocenters. The summed E-state index contributed by atoms with van der Waals surface area (Å²) < 4.78 is 11.2. The first kappa shape index (κ1) is 17.7. The first-order chi connectivity index (χ1) is 11.0. The third kappa shape index (κ3) is 4.22. The van der Waals surface area contributed by atoms with E-state index in [4.69, 9.17) is 9.47 Å². The second-order valence-corrected chi connectivity index (χ2v) is 6.55. The van der Waals surface area contributed by atoms with Gasteiger partial charge in [-0.05, 0) is 44.6 Å². The van der Waals surface area contributed by atoms with Crippen molar-refractivity contribution < 1.29 is 14.3 Å². The molecule has 5 heteroatoms. The number of aromatic nitrogens is 1. The van der Waals surface area contributed by atoms with Crippen LogP contribution in [-0.2, 0) is 9.53 Å². The van der Waals surface area contributed by atoms with Crippen molar-refractivity contribution in [3.8, 4) is 5.88 Å². The number of anilines is 1. The van der Waals surface area contributed by atoms with Crippen LogP contribution in [0, 0.1) is 12.8 Å². The second-order valence-electron chi connectivity index (χ2n) is 6.55. The average molecular weight is 320 g/mol. The van der Waals surface area contributed by atoms with E-state index in [2.05, 4.69) is 24.1 Å². The minimum absolute atomic E-state index is 0.0741. The maximum Gasteiger partial charge on any atom is 0.256 e. The monoisotopic (exact) mass is 320 g/mol. The summed E-state index contributed by atoms with van der Waals surface area (Å²) in [5.74, 6) is 1.05. The molecule has 0 bridgehead atoms. The fourth-order valence-electron chi connectivity index (χ4n) is 3.21. The molecule has 128 valence electrons. The summed E-state index contributed by atoms with van der Waals surface area (Å²) in [6.07, 6.45) is 6.29. The quantitative estimate of drug-likeness (QED) is 0.868. The molecule has 1 aliphatic carbocycles. The van der Waals surface area contributed by atoms with Gasteiger partial charge in [-0.25, -0.2) is 4.98 Å². The maximum atomic E-state index is 12.7. The van der Waals surface area contributed by atoms with Gasteiger partial charge >= 0.3 is 0 Å². The number of ether oxygens (including phenoxy) is 2. The number of hydrogen-bond acceptors (Lipinski definition) is 4. The highest BCUT2D eigenvalue weighted by Crippen LogP contribution is 2.35. The Bertz CT molecular complexity index is 547. The van der Waals surface area contributed by atoms with Crippen LogP contribution in [0.25, 0.3) is 0 Å². The summed E-state index contributed by atoms with van der Waals surface area (Å²) in [6.45, 7) is 6.80. The Morgan fingerprint density at radius 3 is 2.91 bits per heavy atom. The van der Waals surface area contributed by atoms with Gasteiger partial charge in [0.05, 0.1) is 18.5 Å². The van der Waals surface area contributed by atoms with Gasteiger partial charge in [0.2, 0.25) is 5.88 Å². The molecule has 1 aromatic rings. The Morgan fingerprint density at radius 2 is 2.30 bits per heavy atom. The fraction of sp³-hybridized carbons (Fsp3) is 0.667. The highest BCUT2D eigenvalue weighted by molar-refractivity contribution is 5.97. The van der Waals surface area contributed by atoms with Crippen LogP contribution in [0.3, 0.4) is 0 Å². The third-order valence-electron chi connectivity index (χ3n) is 4.49. The molecule has 2 atom stereocenters. The normalized spacial score (nSPS) is 24.3. The zero-order valence-electron chi connectivity index (χ0n) is 14.6. The highest BCUT2D eigenvalue weighted by atomic mass is 16.5. The summed E-state index contributed by atoms with van der Waals surface area (Å²) in [5.41, 5.74) is 0.883. The number of rotatable bonds is 6. The lowest BCUT2D eigenvalue weighted by molar-refractivity contribution is -0.143. The van der Waals surface area contributed by atoms with E-state index in [0.29, 0.717) is 24.1 Å². The van der Waals surface area contributed by atoms with Gasteiger partial charge in [0.15, 0.2) is 0 Å². The smallest absolute Gasteiger partial charge is 0.256 e. The van der Waals surface area contributed by atoms with Crippen LogP contribution in [0.2, 0.25) is 0 Å². The predicted octanol–water partition coefficient (Wildman–Crippen LogP) is 3.71. The molecule has 23 heavy (non-hydrogen) atoms. The van der Waals surface area contributed by atoms with Crippen LogP contribution in [0.1, 0.15) is 51.5 Å². The summed E-state index contributed by atoms with van der Waals surface area (Å²) in [5, 5.41) is 2.97. The molecule has 1 aliphatic rings. The Labute approximate surface area is 138 Å². The average Bonchev–Trinajstić information content (AvgIpc) is 2.54. The Morgan fingerprint density at radius 1 is 1.52 bits per heavy atom. The number of nitrogens with one attached hydrogen (secondary N) is 1. The van der Waals surface area contributed by atoms with Crippen LogP contribution in [-0.4, -0.2) is 30.2 Å². The highest BCUT2D eigenvalue weighted by Gasteiger charge is 2.42. The number of aryl methyl sites for hydroxylation is 1. The van der Waals surface area contributed by atoms with Crippen LogP contribution >= 0.6 is 0 Å². The van der Waals surface area contributed by atoms with Crippen LogP contribution in [0.4, 0.5) is 5.69 Å². The zero-order chi connectivity index (χ0) is 16.9. The number of nitrogens with zero attached hydrogens (tertiary/aromatic N) is 1. The SMILES string of the molecule is CCCOc1ncc(NC(=O)[C@@]2(OC)CCC[C@@H](C)C2)cc1C. The molecule has 1 amide bonds. The molecule has 1 heterocycles. The van der Waals surface area contributed by atoms with E-state index in [1.54, 1.807) is 13.3 Å². The van der Waals surface area contributed by atoms with Crippen LogP contribution in [0.15, 0.2) is 12.3 Å². The summed E-state index contributed by atoms with van der Waals surface area (Å²) in [6, 6.07) is 1.89. The standard InChI is InChI=1S/C18H28N2O3/c1-5-9-23-16-14(3)10-15(12-19-16)20-17(21)18(22-4)8-6-7-13(2)11-18/h10,12-13H,5-9,11H2,1-4H3,(H,20,21)/t13-,18-/m1/s1. The number of hydrogen-bond donors (Lipinski definition) is 1. The number of amides is 1. The number of carbonyl (C=O) groups is 1. The number of carbonyl (C=O) groups excluding carboxylic acids is 1. The van der Waals surface area contributed by atoms with Gasteiger partial charge in [-0.2, -0.15) is 0 Å². The summed E-state index contributed by atoms with van der Waals surface area (Å²) >= 11 is 0. The molecular formula is C18H28N2O3. The van der Waals surface area contributed by atoms with E-state index in [-0.39, 0.29) is 5.91 Å². The lowest BCUT2D eigenvalue weighted by atomic mass is 9.78. The maximum absolute atomic E-state index is 12.7. The van der Waals surface area contributed by atoms with Gasteiger partial charge in [0.25, 0.3) is 5.91 Å². The van der Waals surface area contributed by atoms with Crippen molar-refractivity contribution >= 4 is 11.6 Å². The molecule has 1 aromatic heterocycles. The summed E-state index contributed by atoms with van der Waals surface area (Å²) in [4.78, 5) is 17.0. The molecule has 0 saturated heterocycles. The third-order valence-corrected chi connectivity index (χ3v) is 4.49. The minimum Gasteiger partial charge on any atom is -0.477 e. The topological polar surface area (TPSA) is 60.5 Å².